The highest BCUT2D eigenvalue weighted by Crippen LogP contribution is 2.24. The molecule has 0 N–H and O–H groups in total. The summed E-state index contributed by atoms with van der Waals surface area (Å²) in [6, 6.07) is 16.6. The van der Waals surface area contributed by atoms with E-state index in [0.29, 0.717) is 16.5 Å². The zero-order valence-corrected chi connectivity index (χ0v) is 13.5. The molecule has 4 nitrogen and oxygen atoms in total. The molecule has 0 bridgehead atoms. The van der Waals surface area contributed by atoms with Gasteiger partial charge in [-0.25, -0.2) is 4.98 Å². The molecule has 0 aliphatic heterocycles. The van der Waals surface area contributed by atoms with Gasteiger partial charge in [0.1, 0.15) is 11.8 Å². The van der Waals surface area contributed by atoms with Gasteiger partial charge in [-0.1, -0.05) is 39.7 Å². The lowest BCUT2D eigenvalue weighted by Gasteiger charge is -2.05. The minimum atomic E-state index is 0.238. The number of hydrogen-bond acceptors (Lipinski definition) is 4. The molecule has 3 rings (SSSR count). The third kappa shape index (κ3) is 2.98. The topological polar surface area (TPSA) is 62.5 Å². The Morgan fingerprint density at radius 2 is 1.55 bits per heavy atom. The van der Waals surface area contributed by atoms with Crippen LogP contribution in [0.25, 0.3) is 22.6 Å². The number of nitriles is 1. The smallest absolute Gasteiger partial charge is 0.183 e. The fraction of sp³-hybridized carbons (Fsp3) is 0. The first-order chi connectivity index (χ1) is 10.7. The molecule has 22 heavy (non-hydrogen) atoms. The molecule has 0 spiro atoms. The predicted octanol–water partition coefficient (Wildman–Crippen LogP) is 4.49. The largest absolute Gasteiger partial charge is 0.213 e. The van der Waals surface area contributed by atoms with Crippen molar-refractivity contribution in [2.75, 3.05) is 0 Å². The maximum Gasteiger partial charge on any atom is 0.183 e. The van der Waals surface area contributed by atoms with Gasteiger partial charge in [-0.15, -0.1) is 10.2 Å². The van der Waals surface area contributed by atoms with Crippen LogP contribution in [-0.2, 0) is 0 Å². The Balaban J connectivity index is 2.06. The minimum Gasteiger partial charge on any atom is -0.213 e. The normalized spacial score (nSPS) is 10.2. The number of aromatic nitrogens is 3. The van der Waals surface area contributed by atoms with Crippen molar-refractivity contribution in [3.05, 3.63) is 63.7 Å². The molecule has 0 aliphatic carbocycles. The van der Waals surface area contributed by atoms with Gasteiger partial charge in [-0.05, 0) is 36.4 Å². The summed E-state index contributed by atoms with van der Waals surface area (Å²) in [5.74, 6) is 0.397. The molecule has 1 heterocycles. The van der Waals surface area contributed by atoms with Gasteiger partial charge in [0.25, 0.3) is 0 Å². The van der Waals surface area contributed by atoms with E-state index in [9.17, 15) is 5.26 Å². The van der Waals surface area contributed by atoms with E-state index in [1.54, 1.807) is 24.3 Å². The van der Waals surface area contributed by atoms with E-state index >= 15 is 0 Å². The lowest BCUT2D eigenvalue weighted by atomic mass is 10.1. The zero-order valence-electron chi connectivity index (χ0n) is 11.2. The maximum absolute atomic E-state index is 9.34. The summed E-state index contributed by atoms with van der Waals surface area (Å²) in [4.78, 5) is 4.30. The van der Waals surface area contributed by atoms with Crippen molar-refractivity contribution in [1.82, 2.24) is 15.2 Å². The van der Waals surface area contributed by atoms with Crippen molar-refractivity contribution in [1.29, 1.82) is 5.26 Å². The van der Waals surface area contributed by atoms with Crippen molar-refractivity contribution >= 4 is 27.5 Å². The first-order valence-corrected chi connectivity index (χ1v) is 7.51. The molecule has 106 valence electrons. The van der Waals surface area contributed by atoms with E-state index in [2.05, 4.69) is 37.2 Å². The Hall–Kier alpha value is -2.29. The maximum atomic E-state index is 9.34. The first-order valence-electron chi connectivity index (χ1n) is 6.34. The van der Waals surface area contributed by atoms with Crippen molar-refractivity contribution in [2.45, 2.75) is 0 Å². The number of hydrogen-bond donors (Lipinski definition) is 0. The Bertz CT molecular complexity index is 855. The second kappa shape index (κ2) is 6.22. The SMILES string of the molecule is N#Cc1nc(-c2ccc(Cl)cc2)nnc1-c1ccc(Br)cc1. The molecule has 0 aliphatic rings. The second-order valence-corrected chi connectivity index (χ2v) is 5.81. The molecule has 0 saturated heterocycles. The Labute approximate surface area is 140 Å². The summed E-state index contributed by atoms with van der Waals surface area (Å²) in [5.41, 5.74) is 2.26. The van der Waals surface area contributed by atoms with Crippen LogP contribution in [0.4, 0.5) is 0 Å². The number of halogens is 2. The molecular formula is C16H8BrClN4. The van der Waals surface area contributed by atoms with Crippen LogP contribution < -0.4 is 0 Å². The molecule has 0 amide bonds. The summed E-state index contributed by atoms with van der Waals surface area (Å²) in [7, 11) is 0. The van der Waals surface area contributed by atoms with Crippen molar-refractivity contribution < 1.29 is 0 Å². The van der Waals surface area contributed by atoms with E-state index in [0.717, 1.165) is 15.6 Å². The molecule has 3 aromatic rings. The van der Waals surface area contributed by atoms with Gasteiger partial charge in [-0.2, -0.15) is 5.26 Å². The first kappa shape index (κ1) is 14.6. The highest BCUT2D eigenvalue weighted by molar-refractivity contribution is 9.10. The number of nitrogens with zero attached hydrogens (tertiary/aromatic N) is 4. The van der Waals surface area contributed by atoms with Gasteiger partial charge in [0.2, 0.25) is 0 Å². The zero-order chi connectivity index (χ0) is 15.5. The summed E-state index contributed by atoms with van der Waals surface area (Å²) < 4.78 is 0.952. The summed E-state index contributed by atoms with van der Waals surface area (Å²) >= 11 is 9.24. The third-order valence-corrected chi connectivity index (χ3v) is 3.79. The standard InChI is InChI=1S/C16H8BrClN4/c17-12-5-1-10(2-6-12)15-14(9-19)20-16(22-21-15)11-3-7-13(18)8-4-11/h1-8H. The number of benzene rings is 2. The van der Waals surface area contributed by atoms with Crippen LogP contribution in [-0.4, -0.2) is 15.2 Å². The van der Waals surface area contributed by atoms with Gasteiger partial charge in [-0.3, -0.25) is 0 Å². The molecule has 0 saturated carbocycles. The van der Waals surface area contributed by atoms with E-state index in [1.165, 1.54) is 0 Å². The Morgan fingerprint density at radius 3 is 2.18 bits per heavy atom. The summed E-state index contributed by atoms with van der Waals surface area (Å²) in [5, 5.41) is 18.3. The molecule has 6 heteroatoms. The van der Waals surface area contributed by atoms with Crippen LogP contribution in [0, 0.1) is 11.3 Å². The monoisotopic (exact) mass is 370 g/mol. The molecule has 0 unspecified atom stereocenters. The number of rotatable bonds is 2. The van der Waals surface area contributed by atoms with E-state index in [1.807, 2.05) is 24.3 Å². The van der Waals surface area contributed by atoms with E-state index < -0.39 is 0 Å². The molecule has 0 fully saturated rings. The molecular weight excluding hydrogens is 364 g/mol. The average molecular weight is 372 g/mol. The van der Waals surface area contributed by atoms with Crippen LogP contribution in [0.3, 0.4) is 0 Å². The van der Waals surface area contributed by atoms with Gasteiger partial charge in [0.15, 0.2) is 11.5 Å². The second-order valence-electron chi connectivity index (χ2n) is 4.46. The lowest BCUT2D eigenvalue weighted by Crippen LogP contribution is -2.00. The van der Waals surface area contributed by atoms with Crippen molar-refractivity contribution in [2.24, 2.45) is 0 Å². The van der Waals surface area contributed by atoms with Gasteiger partial charge in [0.05, 0.1) is 0 Å². The van der Waals surface area contributed by atoms with Gasteiger partial charge >= 0.3 is 0 Å². The van der Waals surface area contributed by atoms with E-state index in [4.69, 9.17) is 11.6 Å². The minimum absolute atomic E-state index is 0.238. The molecule has 2 aromatic carbocycles. The summed E-state index contributed by atoms with van der Waals surface area (Å²) in [6.45, 7) is 0. The van der Waals surface area contributed by atoms with Crippen LogP contribution in [0.2, 0.25) is 5.02 Å². The summed E-state index contributed by atoms with van der Waals surface area (Å²) in [6.07, 6.45) is 0. The highest BCUT2D eigenvalue weighted by Gasteiger charge is 2.12. The lowest BCUT2D eigenvalue weighted by molar-refractivity contribution is 0.975. The van der Waals surface area contributed by atoms with Crippen LogP contribution in [0.1, 0.15) is 5.69 Å². The van der Waals surface area contributed by atoms with Crippen LogP contribution >= 0.6 is 27.5 Å². The molecule has 1 aromatic heterocycles. The fourth-order valence-electron chi connectivity index (χ4n) is 1.93. The quantitative estimate of drug-likeness (QED) is 0.665. The van der Waals surface area contributed by atoms with E-state index in [-0.39, 0.29) is 5.69 Å². The highest BCUT2D eigenvalue weighted by atomic mass is 79.9. The average Bonchev–Trinajstić information content (AvgIpc) is 2.56. The fourth-order valence-corrected chi connectivity index (χ4v) is 2.32. The van der Waals surface area contributed by atoms with Crippen molar-refractivity contribution in [3.63, 3.8) is 0 Å². The Morgan fingerprint density at radius 1 is 0.909 bits per heavy atom. The van der Waals surface area contributed by atoms with Crippen molar-refractivity contribution in [3.8, 4) is 28.7 Å². The molecule has 0 radical (unpaired) electrons. The van der Waals surface area contributed by atoms with Crippen LogP contribution in [0.5, 0.6) is 0 Å². The third-order valence-electron chi connectivity index (χ3n) is 3.01. The Kier molecular flexibility index (Phi) is 4.14. The van der Waals surface area contributed by atoms with Crippen LogP contribution in [0.15, 0.2) is 53.0 Å². The predicted molar refractivity (Wildman–Crippen MR) is 88.1 cm³/mol. The van der Waals surface area contributed by atoms with Gasteiger partial charge < -0.3 is 0 Å². The van der Waals surface area contributed by atoms with Gasteiger partial charge in [0, 0.05) is 20.6 Å². The molecule has 0 atom stereocenters.